The van der Waals surface area contributed by atoms with Gasteiger partial charge in [0.1, 0.15) is 0 Å². The minimum atomic E-state index is 0.427. The molecular formula is C16H28N2. The summed E-state index contributed by atoms with van der Waals surface area (Å²) in [4.78, 5) is 2.41. The number of para-hydroxylation sites is 1. The van der Waals surface area contributed by atoms with E-state index < -0.39 is 0 Å². The Balaban J connectivity index is 2.25. The minimum absolute atomic E-state index is 0.427. The summed E-state index contributed by atoms with van der Waals surface area (Å²) in [5.74, 6) is 0. The molecule has 1 aromatic rings. The number of benzene rings is 1. The van der Waals surface area contributed by atoms with E-state index in [-0.39, 0.29) is 0 Å². The van der Waals surface area contributed by atoms with Gasteiger partial charge in [0.15, 0.2) is 0 Å². The van der Waals surface area contributed by atoms with Gasteiger partial charge in [-0.1, -0.05) is 39.0 Å². The zero-order valence-electron chi connectivity index (χ0n) is 12.4. The predicted octanol–water partition coefficient (Wildman–Crippen LogP) is 3.54. The van der Waals surface area contributed by atoms with Crippen LogP contribution in [0, 0.1) is 5.41 Å². The highest BCUT2D eigenvalue weighted by Gasteiger charge is 2.09. The molecule has 0 amide bonds. The molecule has 0 fully saturated rings. The van der Waals surface area contributed by atoms with Crippen molar-refractivity contribution in [2.24, 2.45) is 5.41 Å². The number of nitrogens with zero attached hydrogens (tertiary/aromatic N) is 1. The SMILES string of the molecule is CCN(CCNCCC(C)(C)C)c1ccccc1. The van der Waals surface area contributed by atoms with Crippen LogP contribution in [0.2, 0.25) is 0 Å². The molecule has 0 aliphatic carbocycles. The first-order valence-corrected chi connectivity index (χ1v) is 7.03. The maximum atomic E-state index is 3.53. The third-order valence-corrected chi connectivity index (χ3v) is 3.11. The van der Waals surface area contributed by atoms with Crippen LogP contribution in [0.3, 0.4) is 0 Å². The summed E-state index contributed by atoms with van der Waals surface area (Å²) < 4.78 is 0. The van der Waals surface area contributed by atoms with E-state index in [0.717, 1.165) is 26.2 Å². The van der Waals surface area contributed by atoms with Gasteiger partial charge >= 0.3 is 0 Å². The van der Waals surface area contributed by atoms with E-state index >= 15 is 0 Å². The standard InChI is InChI=1S/C16H28N2/c1-5-18(15-9-7-6-8-10-15)14-13-17-12-11-16(2,3)4/h6-10,17H,5,11-14H2,1-4H3. The Hall–Kier alpha value is -1.02. The molecule has 0 unspecified atom stereocenters. The summed E-state index contributed by atoms with van der Waals surface area (Å²) in [6.07, 6.45) is 1.23. The van der Waals surface area contributed by atoms with E-state index in [2.05, 4.69) is 68.2 Å². The zero-order chi connectivity index (χ0) is 13.4. The first-order chi connectivity index (χ1) is 8.53. The molecule has 0 aromatic heterocycles. The fraction of sp³-hybridized carbons (Fsp3) is 0.625. The fourth-order valence-corrected chi connectivity index (χ4v) is 1.91. The molecule has 18 heavy (non-hydrogen) atoms. The van der Waals surface area contributed by atoms with Crippen LogP contribution in [0.25, 0.3) is 0 Å². The molecule has 2 nitrogen and oxygen atoms in total. The zero-order valence-corrected chi connectivity index (χ0v) is 12.4. The van der Waals surface area contributed by atoms with Crippen LogP contribution in [0.5, 0.6) is 0 Å². The summed E-state index contributed by atoms with van der Waals surface area (Å²) in [5.41, 5.74) is 1.74. The van der Waals surface area contributed by atoms with E-state index in [1.54, 1.807) is 0 Å². The Morgan fingerprint density at radius 2 is 1.72 bits per heavy atom. The minimum Gasteiger partial charge on any atom is -0.371 e. The summed E-state index contributed by atoms with van der Waals surface area (Å²) >= 11 is 0. The maximum Gasteiger partial charge on any atom is 0.0366 e. The van der Waals surface area contributed by atoms with Gasteiger partial charge in [-0.25, -0.2) is 0 Å². The second-order valence-electron chi connectivity index (χ2n) is 5.98. The smallest absolute Gasteiger partial charge is 0.0366 e. The van der Waals surface area contributed by atoms with Gasteiger partial charge in [0, 0.05) is 25.3 Å². The Labute approximate surface area is 112 Å². The van der Waals surface area contributed by atoms with Crippen molar-refractivity contribution in [3.8, 4) is 0 Å². The number of nitrogens with one attached hydrogen (secondary N) is 1. The lowest BCUT2D eigenvalue weighted by molar-refractivity contribution is 0.368. The van der Waals surface area contributed by atoms with Gasteiger partial charge in [-0.05, 0) is 37.4 Å². The molecule has 0 bridgehead atoms. The molecule has 2 heteroatoms. The van der Waals surface area contributed by atoms with E-state index in [9.17, 15) is 0 Å². The van der Waals surface area contributed by atoms with E-state index in [0.29, 0.717) is 5.41 Å². The number of likely N-dealkylation sites (N-methyl/N-ethyl adjacent to an activating group) is 1. The Bertz CT molecular complexity index is 314. The third-order valence-electron chi connectivity index (χ3n) is 3.11. The van der Waals surface area contributed by atoms with Gasteiger partial charge in [0.25, 0.3) is 0 Å². The van der Waals surface area contributed by atoms with Gasteiger partial charge in [0.05, 0.1) is 0 Å². The molecule has 0 heterocycles. The van der Waals surface area contributed by atoms with Crippen LogP contribution in [0.1, 0.15) is 34.1 Å². The number of rotatable bonds is 7. The quantitative estimate of drug-likeness (QED) is 0.743. The Morgan fingerprint density at radius 1 is 1.06 bits per heavy atom. The first kappa shape index (κ1) is 15.0. The molecule has 102 valence electrons. The van der Waals surface area contributed by atoms with Crippen LogP contribution >= 0.6 is 0 Å². The Kier molecular flexibility index (Phi) is 6.20. The number of hydrogen-bond donors (Lipinski definition) is 1. The normalized spacial score (nSPS) is 11.6. The monoisotopic (exact) mass is 248 g/mol. The van der Waals surface area contributed by atoms with Crippen LogP contribution in [0.4, 0.5) is 5.69 Å². The molecule has 0 spiro atoms. The van der Waals surface area contributed by atoms with Crippen molar-refractivity contribution in [1.29, 1.82) is 0 Å². The van der Waals surface area contributed by atoms with Gasteiger partial charge in [0.2, 0.25) is 0 Å². The lowest BCUT2D eigenvalue weighted by Gasteiger charge is -2.24. The van der Waals surface area contributed by atoms with Crippen molar-refractivity contribution in [3.05, 3.63) is 30.3 Å². The van der Waals surface area contributed by atoms with Gasteiger partial charge in [-0.2, -0.15) is 0 Å². The highest BCUT2D eigenvalue weighted by Crippen LogP contribution is 2.17. The van der Waals surface area contributed by atoms with Crippen molar-refractivity contribution in [1.82, 2.24) is 5.32 Å². The topological polar surface area (TPSA) is 15.3 Å². The van der Waals surface area contributed by atoms with Crippen molar-refractivity contribution in [2.45, 2.75) is 34.1 Å². The summed E-state index contributed by atoms with van der Waals surface area (Å²) in [6.45, 7) is 13.4. The van der Waals surface area contributed by atoms with E-state index in [1.165, 1.54) is 12.1 Å². The maximum absolute atomic E-state index is 3.53. The number of anilines is 1. The largest absolute Gasteiger partial charge is 0.371 e. The summed E-state index contributed by atoms with van der Waals surface area (Å²) in [7, 11) is 0. The van der Waals surface area contributed by atoms with Crippen LogP contribution in [-0.4, -0.2) is 26.2 Å². The highest BCUT2D eigenvalue weighted by atomic mass is 15.1. The first-order valence-electron chi connectivity index (χ1n) is 7.03. The molecular weight excluding hydrogens is 220 g/mol. The molecule has 0 saturated heterocycles. The van der Waals surface area contributed by atoms with Crippen molar-refractivity contribution in [3.63, 3.8) is 0 Å². The van der Waals surface area contributed by atoms with Gasteiger partial charge < -0.3 is 10.2 Å². The number of hydrogen-bond acceptors (Lipinski definition) is 2. The van der Waals surface area contributed by atoms with Crippen LogP contribution in [-0.2, 0) is 0 Å². The second-order valence-corrected chi connectivity index (χ2v) is 5.98. The van der Waals surface area contributed by atoms with E-state index in [1.807, 2.05) is 0 Å². The Morgan fingerprint density at radius 3 is 2.28 bits per heavy atom. The fourth-order valence-electron chi connectivity index (χ4n) is 1.91. The molecule has 0 radical (unpaired) electrons. The average Bonchev–Trinajstić information content (AvgIpc) is 2.33. The highest BCUT2D eigenvalue weighted by molar-refractivity contribution is 5.45. The average molecular weight is 248 g/mol. The molecule has 0 aliphatic rings. The molecule has 1 aromatic carbocycles. The van der Waals surface area contributed by atoms with Gasteiger partial charge in [-0.15, -0.1) is 0 Å². The van der Waals surface area contributed by atoms with Crippen molar-refractivity contribution >= 4 is 5.69 Å². The van der Waals surface area contributed by atoms with Gasteiger partial charge in [-0.3, -0.25) is 0 Å². The van der Waals surface area contributed by atoms with Crippen molar-refractivity contribution < 1.29 is 0 Å². The van der Waals surface area contributed by atoms with Crippen LogP contribution < -0.4 is 10.2 Å². The van der Waals surface area contributed by atoms with Crippen molar-refractivity contribution in [2.75, 3.05) is 31.1 Å². The van der Waals surface area contributed by atoms with Crippen LogP contribution in [0.15, 0.2) is 30.3 Å². The molecule has 1 N–H and O–H groups in total. The molecule has 0 aliphatic heterocycles. The lowest BCUT2D eigenvalue weighted by atomic mass is 9.92. The molecule has 0 atom stereocenters. The predicted molar refractivity (Wildman–Crippen MR) is 81.3 cm³/mol. The molecule has 0 saturated carbocycles. The second kappa shape index (κ2) is 7.42. The lowest BCUT2D eigenvalue weighted by Crippen LogP contribution is -2.33. The third kappa shape index (κ3) is 6.06. The molecule has 1 rings (SSSR count). The van der Waals surface area contributed by atoms with E-state index in [4.69, 9.17) is 0 Å². The summed E-state index contributed by atoms with van der Waals surface area (Å²) in [5, 5.41) is 3.53. The summed E-state index contributed by atoms with van der Waals surface area (Å²) in [6, 6.07) is 10.6.